The summed E-state index contributed by atoms with van der Waals surface area (Å²) in [6, 6.07) is 15.2. The lowest BCUT2D eigenvalue weighted by atomic mass is 10.1. The van der Waals surface area contributed by atoms with Crippen LogP contribution in [0.1, 0.15) is 18.1 Å². The Morgan fingerprint density at radius 1 is 1.20 bits per heavy atom. The highest BCUT2D eigenvalue weighted by Gasteiger charge is 2.22. The van der Waals surface area contributed by atoms with E-state index in [0.717, 1.165) is 21.3 Å². The van der Waals surface area contributed by atoms with Crippen LogP contribution in [0.3, 0.4) is 0 Å². The van der Waals surface area contributed by atoms with Crippen LogP contribution in [0.5, 0.6) is 5.75 Å². The number of carbonyl (C=O) groups is 1. The fourth-order valence-electron chi connectivity index (χ4n) is 2.22. The molecular weight excluding hydrogens is 374 g/mol. The average molecular weight is 390 g/mol. The monoisotopic (exact) mass is 389 g/mol. The Balaban J connectivity index is 1.81. The first-order valence-electron chi connectivity index (χ1n) is 7.78. The van der Waals surface area contributed by atoms with Crippen molar-refractivity contribution in [2.45, 2.75) is 13.5 Å². The van der Waals surface area contributed by atoms with Crippen molar-refractivity contribution < 1.29 is 9.53 Å². The van der Waals surface area contributed by atoms with E-state index in [4.69, 9.17) is 16.3 Å². The molecule has 3 nitrogen and oxygen atoms in total. The molecule has 0 N–H and O–H groups in total. The van der Waals surface area contributed by atoms with Crippen molar-refractivity contribution in [3.05, 3.63) is 70.4 Å². The maximum absolute atomic E-state index is 12.1. The molecule has 0 saturated carbocycles. The van der Waals surface area contributed by atoms with Gasteiger partial charge in [-0.1, -0.05) is 66.7 Å². The largest absolute Gasteiger partial charge is 0.488 e. The molecular formula is C19H16ClNO2S2. The molecule has 25 heavy (non-hydrogen) atoms. The molecule has 3 rings (SSSR count). The zero-order chi connectivity index (χ0) is 17.6. The van der Waals surface area contributed by atoms with E-state index >= 15 is 0 Å². The third-order valence-corrected chi connectivity index (χ3v) is 5.68. The number of hydrogen-bond donors (Lipinski definition) is 0. The molecule has 0 spiro atoms. The highest BCUT2D eigenvalue weighted by atomic mass is 35.5. The van der Waals surface area contributed by atoms with Crippen molar-refractivity contribution >= 4 is 50.7 Å². The van der Waals surface area contributed by atoms with E-state index in [1.54, 1.807) is 17.8 Å². The highest BCUT2D eigenvalue weighted by molar-refractivity contribution is 8.45. The van der Waals surface area contributed by atoms with Gasteiger partial charge in [0.25, 0.3) is 0 Å². The van der Waals surface area contributed by atoms with Crippen LogP contribution >= 0.6 is 35.1 Å². The van der Waals surface area contributed by atoms with E-state index < -0.39 is 0 Å². The molecule has 0 amide bonds. The smallest absolute Gasteiger partial charge is 0.244 e. The zero-order valence-electron chi connectivity index (χ0n) is 13.6. The molecule has 1 aliphatic heterocycles. The van der Waals surface area contributed by atoms with E-state index in [1.165, 1.54) is 11.8 Å². The first-order chi connectivity index (χ1) is 12.2. The van der Waals surface area contributed by atoms with Crippen LogP contribution in [0, 0.1) is 0 Å². The molecule has 1 heterocycles. The number of halogens is 1. The van der Waals surface area contributed by atoms with Crippen molar-refractivity contribution in [2.24, 2.45) is 4.99 Å². The number of benzene rings is 2. The molecule has 0 aromatic heterocycles. The number of carbonyl (C=O) groups excluding carboxylic acids is 1. The second kappa shape index (κ2) is 8.61. The fraction of sp³-hybridized carbons (Fsp3) is 0.158. The Morgan fingerprint density at radius 3 is 2.76 bits per heavy atom. The van der Waals surface area contributed by atoms with E-state index in [2.05, 4.69) is 4.99 Å². The van der Waals surface area contributed by atoms with E-state index in [0.29, 0.717) is 23.1 Å². The SMILES string of the molecule is CCSC1=NC(=Cc2ccccc2OCc2ccccc2Cl)C(=O)S1. The number of rotatable bonds is 5. The Kier molecular flexibility index (Phi) is 6.24. The molecule has 2 aromatic rings. The van der Waals surface area contributed by atoms with E-state index in [9.17, 15) is 4.79 Å². The minimum Gasteiger partial charge on any atom is -0.488 e. The molecule has 1 aliphatic rings. The fourth-order valence-corrected chi connectivity index (χ4v) is 4.15. The third kappa shape index (κ3) is 4.69. The number of para-hydroxylation sites is 1. The summed E-state index contributed by atoms with van der Waals surface area (Å²) in [5.74, 6) is 1.59. The lowest BCUT2D eigenvalue weighted by Gasteiger charge is -2.10. The van der Waals surface area contributed by atoms with Gasteiger partial charge in [-0.05, 0) is 35.7 Å². The van der Waals surface area contributed by atoms with Gasteiger partial charge in [0.05, 0.1) is 0 Å². The minimum atomic E-state index is -0.0307. The molecule has 2 aromatic carbocycles. The van der Waals surface area contributed by atoms with Crippen LogP contribution in [-0.2, 0) is 11.4 Å². The van der Waals surface area contributed by atoms with Gasteiger partial charge in [0.2, 0.25) is 5.12 Å². The van der Waals surface area contributed by atoms with Crippen LogP contribution in [0.25, 0.3) is 6.08 Å². The Morgan fingerprint density at radius 2 is 1.96 bits per heavy atom. The van der Waals surface area contributed by atoms with Crippen molar-refractivity contribution in [3.8, 4) is 5.75 Å². The van der Waals surface area contributed by atoms with Gasteiger partial charge in [-0.15, -0.1) is 0 Å². The summed E-state index contributed by atoms with van der Waals surface area (Å²) in [6.45, 7) is 2.40. The first kappa shape index (κ1) is 18.1. The maximum Gasteiger partial charge on any atom is 0.244 e. The van der Waals surface area contributed by atoms with Gasteiger partial charge < -0.3 is 4.74 Å². The second-order valence-corrected chi connectivity index (χ2v) is 8.03. The standard InChI is InChI=1S/C19H16ClNO2S2/c1-2-24-19-21-16(18(22)25-19)11-13-7-4-6-10-17(13)23-12-14-8-3-5-9-15(14)20/h3-11H,2,12H2,1H3. The number of hydrogen-bond acceptors (Lipinski definition) is 5. The zero-order valence-corrected chi connectivity index (χ0v) is 16.0. The Bertz CT molecular complexity index is 849. The summed E-state index contributed by atoms with van der Waals surface area (Å²) in [4.78, 5) is 16.5. The first-order valence-corrected chi connectivity index (χ1v) is 9.96. The van der Waals surface area contributed by atoms with Gasteiger partial charge in [-0.25, -0.2) is 4.99 Å². The maximum atomic E-state index is 12.1. The number of nitrogens with zero attached hydrogens (tertiary/aromatic N) is 1. The molecule has 6 heteroatoms. The quantitative estimate of drug-likeness (QED) is 0.620. The van der Waals surface area contributed by atoms with Crippen molar-refractivity contribution in [2.75, 3.05) is 5.75 Å². The van der Waals surface area contributed by atoms with Gasteiger partial charge >= 0.3 is 0 Å². The molecule has 0 aliphatic carbocycles. The van der Waals surface area contributed by atoms with Crippen LogP contribution in [0.4, 0.5) is 0 Å². The third-order valence-electron chi connectivity index (χ3n) is 3.42. The summed E-state index contributed by atoms with van der Waals surface area (Å²) in [7, 11) is 0. The van der Waals surface area contributed by atoms with Crippen LogP contribution in [0.2, 0.25) is 5.02 Å². The molecule has 0 saturated heterocycles. The lowest BCUT2D eigenvalue weighted by Crippen LogP contribution is -1.98. The van der Waals surface area contributed by atoms with Crippen LogP contribution < -0.4 is 4.74 Å². The predicted octanol–water partition coefficient (Wildman–Crippen LogP) is 5.64. The van der Waals surface area contributed by atoms with Crippen LogP contribution in [-0.4, -0.2) is 15.2 Å². The van der Waals surface area contributed by atoms with E-state index in [1.807, 2.05) is 55.5 Å². The van der Waals surface area contributed by atoms with Crippen molar-refractivity contribution in [1.29, 1.82) is 0 Å². The van der Waals surface area contributed by atoms with E-state index in [-0.39, 0.29) is 5.12 Å². The van der Waals surface area contributed by atoms with Crippen LogP contribution in [0.15, 0.2) is 59.2 Å². The topological polar surface area (TPSA) is 38.7 Å². The average Bonchev–Trinajstić information content (AvgIpc) is 2.95. The van der Waals surface area contributed by atoms with Gasteiger partial charge in [-0.3, -0.25) is 4.79 Å². The predicted molar refractivity (Wildman–Crippen MR) is 108 cm³/mol. The number of ether oxygens (including phenoxy) is 1. The number of aliphatic imine (C=N–C) groups is 1. The molecule has 0 atom stereocenters. The summed E-state index contributed by atoms with van der Waals surface area (Å²) in [5.41, 5.74) is 2.19. The summed E-state index contributed by atoms with van der Waals surface area (Å²) >= 11 is 8.93. The second-order valence-electron chi connectivity index (χ2n) is 5.15. The Hall–Kier alpha value is -1.69. The molecule has 0 unspecified atom stereocenters. The van der Waals surface area contributed by atoms with Gasteiger partial charge in [-0.2, -0.15) is 0 Å². The summed E-state index contributed by atoms with van der Waals surface area (Å²) in [5, 5.41) is 0.642. The lowest BCUT2D eigenvalue weighted by molar-refractivity contribution is -0.107. The van der Waals surface area contributed by atoms with Gasteiger partial charge in [0, 0.05) is 16.1 Å². The molecule has 128 valence electrons. The normalized spacial score (nSPS) is 15.5. The number of thioether (sulfide) groups is 2. The minimum absolute atomic E-state index is 0.0307. The van der Waals surface area contributed by atoms with Crippen molar-refractivity contribution in [3.63, 3.8) is 0 Å². The summed E-state index contributed by atoms with van der Waals surface area (Å²) in [6.07, 6.45) is 1.78. The molecule has 0 fully saturated rings. The van der Waals surface area contributed by atoms with Crippen molar-refractivity contribution in [1.82, 2.24) is 0 Å². The molecule has 0 radical (unpaired) electrons. The van der Waals surface area contributed by atoms with Gasteiger partial charge in [0.15, 0.2) is 0 Å². The Labute approximate surface area is 160 Å². The molecule has 0 bridgehead atoms. The summed E-state index contributed by atoms with van der Waals surface area (Å²) < 4.78 is 6.72. The highest BCUT2D eigenvalue weighted by Crippen LogP contribution is 2.32. The van der Waals surface area contributed by atoms with Gasteiger partial charge in [0.1, 0.15) is 22.4 Å².